The van der Waals surface area contributed by atoms with Crippen LogP contribution in [0.15, 0.2) is 54.6 Å². The van der Waals surface area contributed by atoms with E-state index in [4.69, 9.17) is 23.9 Å². The van der Waals surface area contributed by atoms with Crippen LogP contribution in [0.25, 0.3) is 22.5 Å². The molecule has 0 aliphatic rings. The topological polar surface area (TPSA) is 49.8 Å². The summed E-state index contributed by atoms with van der Waals surface area (Å²) in [7, 11) is 6.48. The minimum atomic E-state index is 0.670. The maximum absolute atomic E-state index is 5.39. The van der Waals surface area contributed by atoms with Gasteiger partial charge in [-0.1, -0.05) is 6.07 Å². The molecule has 0 fully saturated rings. The van der Waals surface area contributed by atoms with Gasteiger partial charge in [0, 0.05) is 11.1 Å². The van der Waals surface area contributed by atoms with Gasteiger partial charge in [-0.3, -0.25) is 0 Å². The highest BCUT2D eigenvalue weighted by atomic mass is 16.5. The molecule has 0 aliphatic heterocycles. The summed E-state index contributed by atoms with van der Waals surface area (Å²) < 4.78 is 21.4. The third-order valence-corrected chi connectivity index (χ3v) is 4.11. The van der Waals surface area contributed by atoms with Gasteiger partial charge in [-0.2, -0.15) is 0 Å². The SMILES string of the molecule is COc1ccc(-c2cccc(-c3ccc(OC)c(OC)c3)n2)cc1OC. The summed E-state index contributed by atoms with van der Waals surface area (Å²) in [6, 6.07) is 17.4. The second-order valence-corrected chi connectivity index (χ2v) is 5.55. The lowest BCUT2D eigenvalue weighted by Crippen LogP contribution is -1.94. The van der Waals surface area contributed by atoms with E-state index in [2.05, 4.69) is 0 Å². The Hall–Kier alpha value is -3.21. The molecule has 0 saturated heterocycles. The molecule has 134 valence electrons. The molecule has 3 rings (SSSR count). The minimum absolute atomic E-state index is 0.670. The first-order valence-corrected chi connectivity index (χ1v) is 8.12. The quantitative estimate of drug-likeness (QED) is 0.657. The average molecular weight is 351 g/mol. The zero-order chi connectivity index (χ0) is 18.5. The summed E-state index contributed by atoms with van der Waals surface area (Å²) in [5.74, 6) is 2.71. The van der Waals surface area contributed by atoms with Gasteiger partial charge in [-0.05, 0) is 48.5 Å². The lowest BCUT2D eigenvalue weighted by molar-refractivity contribution is 0.355. The van der Waals surface area contributed by atoms with Crippen LogP contribution in [-0.2, 0) is 0 Å². The summed E-state index contributed by atoms with van der Waals surface area (Å²) in [6.45, 7) is 0. The molecule has 0 bridgehead atoms. The number of aromatic nitrogens is 1. The molecule has 0 N–H and O–H groups in total. The van der Waals surface area contributed by atoms with E-state index in [-0.39, 0.29) is 0 Å². The Bertz CT molecular complexity index is 838. The van der Waals surface area contributed by atoms with Crippen molar-refractivity contribution in [2.45, 2.75) is 0 Å². The molecule has 0 aliphatic carbocycles. The van der Waals surface area contributed by atoms with Gasteiger partial charge >= 0.3 is 0 Å². The van der Waals surface area contributed by atoms with Gasteiger partial charge in [-0.15, -0.1) is 0 Å². The summed E-state index contributed by atoms with van der Waals surface area (Å²) in [5, 5.41) is 0. The van der Waals surface area contributed by atoms with Gasteiger partial charge in [0.05, 0.1) is 39.8 Å². The highest BCUT2D eigenvalue weighted by Gasteiger charge is 2.10. The van der Waals surface area contributed by atoms with Gasteiger partial charge in [0.25, 0.3) is 0 Å². The van der Waals surface area contributed by atoms with Crippen LogP contribution in [0.4, 0.5) is 0 Å². The van der Waals surface area contributed by atoms with E-state index >= 15 is 0 Å². The molecule has 0 amide bonds. The van der Waals surface area contributed by atoms with Crippen molar-refractivity contribution in [3.05, 3.63) is 54.6 Å². The lowest BCUT2D eigenvalue weighted by Gasteiger charge is -2.11. The van der Waals surface area contributed by atoms with Gasteiger partial charge < -0.3 is 18.9 Å². The fourth-order valence-electron chi connectivity index (χ4n) is 2.75. The minimum Gasteiger partial charge on any atom is -0.493 e. The molecule has 1 heterocycles. The van der Waals surface area contributed by atoms with Crippen molar-refractivity contribution in [2.75, 3.05) is 28.4 Å². The van der Waals surface area contributed by atoms with Crippen molar-refractivity contribution in [1.29, 1.82) is 0 Å². The van der Waals surface area contributed by atoms with Crippen LogP contribution in [0.3, 0.4) is 0 Å². The van der Waals surface area contributed by atoms with Crippen molar-refractivity contribution in [2.24, 2.45) is 0 Å². The van der Waals surface area contributed by atoms with E-state index in [0.717, 1.165) is 22.5 Å². The Morgan fingerprint density at radius 2 is 0.962 bits per heavy atom. The zero-order valence-corrected chi connectivity index (χ0v) is 15.3. The van der Waals surface area contributed by atoms with Gasteiger partial charge in [0.2, 0.25) is 0 Å². The van der Waals surface area contributed by atoms with E-state index in [0.29, 0.717) is 23.0 Å². The maximum atomic E-state index is 5.39. The molecular formula is C21H21NO4. The molecule has 0 unspecified atom stereocenters. The smallest absolute Gasteiger partial charge is 0.161 e. The van der Waals surface area contributed by atoms with Crippen molar-refractivity contribution in [3.63, 3.8) is 0 Å². The van der Waals surface area contributed by atoms with Gasteiger partial charge in [0.1, 0.15) is 0 Å². The number of pyridine rings is 1. The summed E-state index contributed by atoms with van der Waals surface area (Å²) in [5.41, 5.74) is 3.59. The molecule has 3 aromatic rings. The largest absolute Gasteiger partial charge is 0.493 e. The van der Waals surface area contributed by atoms with E-state index in [9.17, 15) is 0 Å². The van der Waals surface area contributed by atoms with Crippen LogP contribution in [0.1, 0.15) is 0 Å². The molecule has 0 atom stereocenters. The van der Waals surface area contributed by atoms with Crippen LogP contribution in [0, 0.1) is 0 Å². The predicted octanol–water partition coefficient (Wildman–Crippen LogP) is 4.45. The number of hydrogen-bond donors (Lipinski definition) is 0. The first-order valence-electron chi connectivity index (χ1n) is 8.12. The highest BCUT2D eigenvalue weighted by Crippen LogP contribution is 2.34. The number of hydrogen-bond acceptors (Lipinski definition) is 5. The third-order valence-electron chi connectivity index (χ3n) is 4.11. The third kappa shape index (κ3) is 3.42. The standard InChI is InChI=1S/C21H21NO4/c1-23-18-10-8-14(12-20(18)25-3)16-6-5-7-17(22-16)15-9-11-19(24-2)21(13-15)26-4/h5-13H,1-4H3. The molecule has 1 aromatic heterocycles. The molecule has 2 aromatic carbocycles. The molecule has 5 nitrogen and oxygen atoms in total. The number of ether oxygens (including phenoxy) is 4. The number of rotatable bonds is 6. The Morgan fingerprint density at radius 3 is 1.35 bits per heavy atom. The maximum Gasteiger partial charge on any atom is 0.161 e. The van der Waals surface area contributed by atoms with Crippen LogP contribution in [0.5, 0.6) is 23.0 Å². The van der Waals surface area contributed by atoms with Crippen LogP contribution < -0.4 is 18.9 Å². The summed E-state index contributed by atoms with van der Waals surface area (Å²) in [4.78, 5) is 4.78. The van der Waals surface area contributed by atoms with Crippen LogP contribution in [0.2, 0.25) is 0 Å². The average Bonchev–Trinajstić information content (AvgIpc) is 2.72. The van der Waals surface area contributed by atoms with E-state index in [1.165, 1.54) is 0 Å². The monoisotopic (exact) mass is 351 g/mol. The second-order valence-electron chi connectivity index (χ2n) is 5.55. The van der Waals surface area contributed by atoms with Gasteiger partial charge in [0.15, 0.2) is 23.0 Å². The summed E-state index contributed by atoms with van der Waals surface area (Å²) in [6.07, 6.45) is 0. The molecule has 0 radical (unpaired) electrons. The van der Waals surface area contributed by atoms with Crippen molar-refractivity contribution in [1.82, 2.24) is 4.98 Å². The Labute approximate surface area is 153 Å². The Morgan fingerprint density at radius 1 is 0.538 bits per heavy atom. The number of nitrogens with zero attached hydrogens (tertiary/aromatic N) is 1. The molecule has 26 heavy (non-hydrogen) atoms. The fraction of sp³-hybridized carbons (Fsp3) is 0.190. The zero-order valence-electron chi connectivity index (χ0n) is 15.3. The van der Waals surface area contributed by atoms with Crippen molar-refractivity contribution >= 4 is 0 Å². The molecular weight excluding hydrogens is 330 g/mol. The normalized spacial score (nSPS) is 10.3. The van der Waals surface area contributed by atoms with Crippen LogP contribution in [-0.4, -0.2) is 33.4 Å². The van der Waals surface area contributed by atoms with E-state index in [1.807, 2.05) is 54.6 Å². The van der Waals surface area contributed by atoms with E-state index in [1.54, 1.807) is 28.4 Å². The Kier molecular flexibility index (Phi) is 5.27. The number of benzene rings is 2. The first kappa shape index (κ1) is 17.6. The first-order chi connectivity index (χ1) is 12.7. The van der Waals surface area contributed by atoms with Crippen molar-refractivity contribution in [3.8, 4) is 45.5 Å². The predicted molar refractivity (Wildman–Crippen MR) is 101 cm³/mol. The lowest BCUT2D eigenvalue weighted by atomic mass is 10.1. The highest BCUT2D eigenvalue weighted by molar-refractivity contribution is 5.69. The molecule has 5 heteroatoms. The van der Waals surface area contributed by atoms with Crippen molar-refractivity contribution < 1.29 is 18.9 Å². The number of methoxy groups -OCH3 is 4. The second kappa shape index (κ2) is 7.78. The van der Waals surface area contributed by atoms with Gasteiger partial charge in [-0.25, -0.2) is 4.98 Å². The summed E-state index contributed by atoms with van der Waals surface area (Å²) >= 11 is 0. The fourth-order valence-corrected chi connectivity index (χ4v) is 2.75. The molecule has 0 spiro atoms. The molecule has 0 saturated carbocycles. The van der Waals surface area contributed by atoms with Crippen LogP contribution >= 0.6 is 0 Å². The van der Waals surface area contributed by atoms with E-state index < -0.39 is 0 Å². The Balaban J connectivity index is 2.01.